The summed E-state index contributed by atoms with van der Waals surface area (Å²) >= 11 is 3.49. The van der Waals surface area contributed by atoms with E-state index < -0.39 is 0 Å². The molecule has 0 heterocycles. The lowest BCUT2D eigenvalue weighted by atomic mass is 9.82. The summed E-state index contributed by atoms with van der Waals surface area (Å²) < 4.78 is 6.56. The molecule has 0 fully saturated rings. The third-order valence-electron chi connectivity index (χ3n) is 4.86. The molecule has 1 aliphatic carbocycles. The maximum atomic E-state index is 10.3. The van der Waals surface area contributed by atoms with Crippen LogP contribution < -0.4 is 4.74 Å². The van der Waals surface area contributed by atoms with Gasteiger partial charge in [0.2, 0.25) is 0 Å². The van der Waals surface area contributed by atoms with Crippen LogP contribution >= 0.6 is 15.9 Å². The zero-order valence-electron chi connectivity index (χ0n) is 14.9. The molecule has 0 unspecified atom stereocenters. The molecule has 2 aromatic carbocycles. The fourth-order valence-electron chi connectivity index (χ4n) is 3.42. The predicted molar refractivity (Wildman–Crippen MR) is 102 cm³/mol. The lowest BCUT2D eigenvalue weighted by molar-refractivity contribution is 0.403. The summed E-state index contributed by atoms with van der Waals surface area (Å²) in [5.41, 5.74) is 6.24. The molecule has 0 aromatic heterocycles. The Kier molecular flexibility index (Phi) is 4.65. The van der Waals surface area contributed by atoms with Crippen LogP contribution in [0.5, 0.6) is 11.5 Å². The van der Waals surface area contributed by atoms with Crippen molar-refractivity contribution < 1.29 is 9.84 Å². The SMILES string of the molecule is COc1c2cc(C(C)(C)C)cc1CCc1cc(cc(Br)c1O)CC2. The van der Waals surface area contributed by atoms with Crippen LogP contribution in [0.15, 0.2) is 28.7 Å². The molecule has 0 amide bonds. The van der Waals surface area contributed by atoms with Gasteiger partial charge in [0.1, 0.15) is 11.5 Å². The van der Waals surface area contributed by atoms with Crippen molar-refractivity contribution in [3.05, 3.63) is 56.6 Å². The molecule has 4 bridgehead atoms. The number of methoxy groups -OCH3 is 1. The molecule has 0 spiro atoms. The molecular formula is C21H25BrO2. The summed E-state index contributed by atoms with van der Waals surface area (Å²) in [6, 6.07) is 8.75. The molecule has 3 heteroatoms. The highest BCUT2D eigenvalue weighted by Crippen LogP contribution is 2.37. The van der Waals surface area contributed by atoms with Crippen molar-refractivity contribution in [1.29, 1.82) is 0 Å². The highest BCUT2D eigenvalue weighted by Gasteiger charge is 2.21. The Hall–Kier alpha value is -1.48. The van der Waals surface area contributed by atoms with Gasteiger partial charge >= 0.3 is 0 Å². The van der Waals surface area contributed by atoms with E-state index in [1.54, 1.807) is 7.11 Å². The Morgan fingerprint density at radius 1 is 0.917 bits per heavy atom. The van der Waals surface area contributed by atoms with E-state index in [2.05, 4.69) is 54.9 Å². The normalized spacial score (nSPS) is 14.4. The minimum Gasteiger partial charge on any atom is -0.506 e. The summed E-state index contributed by atoms with van der Waals surface area (Å²) in [4.78, 5) is 0. The van der Waals surface area contributed by atoms with Gasteiger partial charge in [-0.3, -0.25) is 0 Å². The number of aromatic hydroxyl groups is 1. The molecule has 3 rings (SSSR count). The average Bonchev–Trinajstić information content (AvgIpc) is 2.52. The van der Waals surface area contributed by atoms with Gasteiger partial charge < -0.3 is 9.84 Å². The zero-order chi connectivity index (χ0) is 17.5. The molecule has 0 atom stereocenters. The first-order valence-corrected chi connectivity index (χ1v) is 9.29. The lowest BCUT2D eigenvalue weighted by Crippen LogP contribution is -2.14. The van der Waals surface area contributed by atoms with Gasteiger partial charge in [0.05, 0.1) is 11.6 Å². The Labute approximate surface area is 153 Å². The van der Waals surface area contributed by atoms with Gasteiger partial charge in [-0.2, -0.15) is 0 Å². The summed E-state index contributed by atoms with van der Waals surface area (Å²) in [5, 5.41) is 10.3. The first-order chi connectivity index (χ1) is 11.3. The van der Waals surface area contributed by atoms with E-state index in [0.29, 0.717) is 5.75 Å². The third-order valence-corrected chi connectivity index (χ3v) is 5.47. The van der Waals surface area contributed by atoms with Crippen LogP contribution in [0.25, 0.3) is 0 Å². The van der Waals surface area contributed by atoms with Crippen molar-refractivity contribution >= 4 is 15.9 Å². The number of benzene rings is 2. The molecule has 24 heavy (non-hydrogen) atoms. The molecule has 1 aliphatic rings. The number of hydrogen-bond acceptors (Lipinski definition) is 2. The largest absolute Gasteiger partial charge is 0.506 e. The first kappa shape index (κ1) is 17.3. The second-order valence-electron chi connectivity index (χ2n) is 7.66. The van der Waals surface area contributed by atoms with Gasteiger partial charge in [0.25, 0.3) is 0 Å². The molecule has 0 saturated heterocycles. The van der Waals surface area contributed by atoms with Crippen molar-refractivity contribution in [1.82, 2.24) is 0 Å². The van der Waals surface area contributed by atoms with E-state index in [1.165, 1.54) is 22.3 Å². The van der Waals surface area contributed by atoms with Gasteiger partial charge in [-0.05, 0) is 80.9 Å². The quantitative estimate of drug-likeness (QED) is 0.713. The van der Waals surface area contributed by atoms with Crippen molar-refractivity contribution in [2.24, 2.45) is 0 Å². The summed E-state index contributed by atoms with van der Waals surface area (Å²) in [6.45, 7) is 6.75. The Morgan fingerprint density at radius 2 is 1.50 bits per heavy atom. The standard InChI is InChI=1S/C21H25BrO2/c1-21(2,3)17-11-15-6-5-13-9-14(19(23)18(22)10-13)7-8-16(12-17)20(15)24-4/h9-12,23H,5-8H2,1-4H3. The Bertz CT molecular complexity index is 772. The van der Waals surface area contributed by atoms with Crippen LogP contribution in [0, 0.1) is 0 Å². The highest BCUT2D eigenvalue weighted by atomic mass is 79.9. The van der Waals surface area contributed by atoms with E-state index in [-0.39, 0.29) is 5.41 Å². The van der Waals surface area contributed by atoms with E-state index in [1.807, 2.05) is 6.07 Å². The molecule has 0 saturated carbocycles. The molecular weight excluding hydrogens is 364 g/mol. The maximum Gasteiger partial charge on any atom is 0.132 e. The van der Waals surface area contributed by atoms with E-state index in [9.17, 15) is 5.11 Å². The van der Waals surface area contributed by atoms with Crippen molar-refractivity contribution in [3.63, 3.8) is 0 Å². The highest BCUT2D eigenvalue weighted by molar-refractivity contribution is 9.10. The van der Waals surface area contributed by atoms with Gasteiger partial charge in [0.15, 0.2) is 0 Å². The second-order valence-corrected chi connectivity index (χ2v) is 8.52. The molecule has 1 N–H and O–H groups in total. The number of halogens is 1. The van der Waals surface area contributed by atoms with Gasteiger partial charge in [-0.25, -0.2) is 0 Å². The number of aryl methyl sites for hydroxylation is 4. The van der Waals surface area contributed by atoms with Gasteiger partial charge in [-0.1, -0.05) is 39.0 Å². The van der Waals surface area contributed by atoms with Crippen LogP contribution in [0.4, 0.5) is 0 Å². The smallest absolute Gasteiger partial charge is 0.132 e. The Balaban J connectivity index is 2.12. The fraction of sp³-hybridized carbons (Fsp3) is 0.429. The van der Waals surface area contributed by atoms with Crippen LogP contribution in [-0.2, 0) is 31.1 Å². The predicted octanol–water partition coefficient (Wildman–Crippen LogP) is 5.34. The molecule has 0 aliphatic heterocycles. The van der Waals surface area contributed by atoms with Crippen LogP contribution in [0.2, 0.25) is 0 Å². The number of hydrogen-bond donors (Lipinski definition) is 1. The number of ether oxygens (including phenoxy) is 1. The minimum absolute atomic E-state index is 0.110. The van der Waals surface area contributed by atoms with Crippen molar-refractivity contribution in [2.75, 3.05) is 7.11 Å². The average molecular weight is 389 g/mol. The summed E-state index contributed by atoms with van der Waals surface area (Å²) in [5.74, 6) is 1.39. The van der Waals surface area contributed by atoms with Crippen molar-refractivity contribution in [3.8, 4) is 11.5 Å². The number of fused-ring (bicyclic) bond motifs is 4. The number of phenolic OH excluding ortho intramolecular Hbond substituents is 1. The van der Waals surface area contributed by atoms with Crippen LogP contribution in [0.1, 0.15) is 48.6 Å². The Morgan fingerprint density at radius 3 is 2.08 bits per heavy atom. The van der Waals surface area contributed by atoms with E-state index in [0.717, 1.165) is 41.5 Å². The van der Waals surface area contributed by atoms with Crippen LogP contribution in [-0.4, -0.2) is 12.2 Å². The van der Waals surface area contributed by atoms with Gasteiger partial charge in [0, 0.05) is 0 Å². The van der Waals surface area contributed by atoms with E-state index in [4.69, 9.17) is 4.74 Å². The maximum absolute atomic E-state index is 10.3. The van der Waals surface area contributed by atoms with E-state index >= 15 is 0 Å². The van der Waals surface area contributed by atoms with Crippen molar-refractivity contribution in [2.45, 2.75) is 51.9 Å². The monoisotopic (exact) mass is 388 g/mol. The molecule has 2 aromatic rings. The minimum atomic E-state index is 0.110. The zero-order valence-corrected chi connectivity index (χ0v) is 16.5. The summed E-state index contributed by atoms with van der Waals surface area (Å²) in [6.07, 6.45) is 3.55. The molecule has 2 nitrogen and oxygen atoms in total. The summed E-state index contributed by atoms with van der Waals surface area (Å²) in [7, 11) is 1.76. The third kappa shape index (κ3) is 3.32. The second kappa shape index (κ2) is 6.44. The first-order valence-electron chi connectivity index (χ1n) is 8.50. The fourth-order valence-corrected chi connectivity index (χ4v) is 3.97. The molecule has 0 radical (unpaired) electrons. The lowest BCUT2D eigenvalue weighted by Gasteiger charge is -2.24. The molecule has 128 valence electrons. The number of rotatable bonds is 1. The topological polar surface area (TPSA) is 29.5 Å². The van der Waals surface area contributed by atoms with Gasteiger partial charge in [-0.15, -0.1) is 0 Å². The number of phenols is 1. The van der Waals surface area contributed by atoms with Crippen LogP contribution in [0.3, 0.4) is 0 Å².